The molecular weight excluding hydrogens is 400 g/mol. The monoisotopic (exact) mass is 430 g/mol. The Morgan fingerprint density at radius 1 is 1.10 bits per heavy atom. The smallest absolute Gasteiger partial charge is 0.242 e. The molecule has 2 rings (SSSR count). The first kappa shape index (κ1) is 23.7. The van der Waals surface area contributed by atoms with Crippen LogP contribution in [0, 0.1) is 6.92 Å². The Morgan fingerprint density at radius 2 is 1.77 bits per heavy atom. The highest BCUT2D eigenvalue weighted by molar-refractivity contribution is 6.30. The van der Waals surface area contributed by atoms with Crippen LogP contribution >= 0.6 is 11.6 Å². The Morgan fingerprint density at radius 3 is 2.40 bits per heavy atom. The van der Waals surface area contributed by atoms with E-state index in [1.165, 1.54) is 0 Å². The molecule has 2 amide bonds. The van der Waals surface area contributed by atoms with Crippen LogP contribution in [0.1, 0.15) is 44.2 Å². The summed E-state index contributed by atoms with van der Waals surface area (Å²) in [6, 6.07) is 14.6. The van der Waals surface area contributed by atoms with Crippen molar-refractivity contribution in [2.24, 2.45) is 0 Å². The number of carbonyl (C=O) groups is 2. The van der Waals surface area contributed by atoms with Crippen molar-refractivity contribution in [2.45, 2.75) is 52.6 Å². The van der Waals surface area contributed by atoms with Gasteiger partial charge in [0.2, 0.25) is 11.8 Å². The molecule has 1 atom stereocenters. The van der Waals surface area contributed by atoms with Gasteiger partial charge in [0.25, 0.3) is 0 Å². The van der Waals surface area contributed by atoms with Gasteiger partial charge >= 0.3 is 0 Å². The van der Waals surface area contributed by atoms with Gasteiger partial charge in [0.15, 0.2) is 0 Å². The molecular formula is C24H31ClN2O3. The number of rotatable bonds is 11. The molecule has 0 saturated heterocycles. The van der Waals surface area contributed by atoms with Gasteiger partial charge in [-0.05, 0) is 56.5 Å². The van der Waals surface area contributed by atoms with E-state index >= 15 is 0 Å². The molecule has 2 aromatic carbocycles. The lowest BCUT2D eigenvalue weighted by molar-refractivity contribution is -0.140. The van der Waals surface area contributed by atoms with Crippen LogP contribution in [-0.2, 0) is 16.1 Å². The Labute approximate surface area is 184 Å². The summed E-state index contributed by atoms with van der Waals surface area (Å²) in [5.41, 5.74) is 2.16. The average molecular weight is 431 g/mol. The maximum Gasteiger partial charge on any atom is 0.242 e. The fraction of sp³-hybridized carbons (Fsp3) is 0.417. The molecule has 0 fully saturated rings. The molecule has 30 heavy (non-hydrogen) atoms. The number of carbonyl (C=O) groups excluding carboxylic acids is 2. The van der Waals surface area contributed by atoms with Gasteiger partial charge in [-0.2, -0.15) is 0 Å². The molecule has 0 aliphatic heterocycles. The molecule has 0 aromatic heterocycles. The van der Waals surface area contributed by atoms with Crippen LogP contribution in [-0.4, -0.2) is 35.9 Å². The zero-order valence-corrected chi connectivity index (χ0v) is 18.7. The van der Waals surface area contributed by atoms with Gasteiger partial charge < -0.3 is 15.0 Å². The Hall–Kier alpha value is -2.53. The number of ether oxygens (including phenoxy) is 1. The summed E-state index contributed by atoms with van der Waals surface area (Å²) in [6.45, 7) is 7.22. The summed E-state index contributed by atoms with van der Waals surface area (Å²) in [7, 11) is 0. The van der Waals surface area contributed by atoms with Crippen LogP contribution in [0.15, 0.2) is 48.5 Å². The summed E-state index contributed by atoms with van der Waals surface area (Å²) in [6.07, 6.45) is 1.73. The molecule has 1 N–H and O–H groups in total. The van der Waals surface area contributed by atoms with Gasteiger partial charge in [-0.1, -0.05) is 48.4 Å². The number of nitrogens with zero attached hydrogens (tertiary/aromatic N) is 1. The van der Waals surface area contributed by atoms with E-state index in [1.54, 1.807) is 36.1 Å². The number of halogens is 1. The van der Waals surface area contributed by atoms with Crippen LogP contribution in [0.25, 0.3) is 0 Å². The lowest BCUT2D eigenvalue weighted by Crippen LogP contribution is -2.47. The van der Waals surface area contributed by atoms with Crippen LogP contribution in [0.2, 0.25) is 5.02 Å². The molecule has 2 aromatic rings. The SMILES string of the molecule is CCCNC(=O)C(C)N(Cc1ccc(C)cc1)C(=O)CCCOc1ccc(Cl)cc1. The number of hydrogen-bond acceptors (Lipinski definition) is 3. The van der Waals surface area contributed by atoms with Crippen LogP contribution < -0.4 is 10.1 Å². The number of nitrogens with one attached hydrogen (secondary N) is 1. The fourth-order valence-corrected chi connectivity index (χ4v) is 3.08. The summed E-state index contributed by atoms with van der Waals surface area (Å²) < 4.78 is 5.67. The summed E-state index contributed by atoms with van der Waals surface area (Å²) >= 11 is 5.87. The second-order valence-corrected chi connectivity index (χ2v) is 7.82. The van der Waals surface area contributed by atoms with Gasteiger partial charge in [-0.3, -0.25) is 9.59 Å². The molecule has 0 spiro atoms. The molecule has 0 saturated carbocycles. The van der Waals surface area contributed by atoms with Crippen molar-refractivity contribution < 1.29 is 14.3 Å². The quantitative estimate of drug-likeness (QED) is 0.523. The largest absolute Gasteiger partial charge is 0.494 e. The van der Waals surface area contributed by atoms with Crippen molar-refractivity contribution in [2.75, 3.05) is 13.2 Å². The lowest BCUT2D eigenvalue weighted by atomic mass is 10.1. The minimum absolute atomic E-state index is 0.0607. The summed E-state index contributed by atoms with van der Waals surface area (Å²) in [5.74, 6) is 0.528. The van der Waals surface area contributed by atoms with Gasteiger partial charge in [0.1, 0.15) is 11.8 Å². The predicted octanol–water partition coefficient (Wildman–Crippen LogP) is 4.75. The van der Waals surface area contributed by atoms with Crippen molar-refractivity contribution in [1.29, 1.82) is 0 Å². The van der Waals surface area contributed by atoms with E-state index in [0.29, 0.717) is 37.6 Å². The van der Waals surface area contributed by atoms with E-state index in [-0.39, 0.29) is 11.8 Å². The highest BCUT2D eigenvalue weighted by Gasteiger charge is 2.25. The van der Waals surface area contributed by atoms with Crippen molar-refractivity contribution in [3.05, 3.63) is 64.7 Å². The van der Waals surface area contributed by atoms with E-state index in [0.717, 1.165) is 23.3 Å². The van der Waals surface area contributed by atoms with E-state index < -0.39 is 6.04 Å². The van der Waals surface area contributed by atoms with E-state index in [9.17, 15) is 9.59 Å². The molecule has 1 unspecified atom stereocenters. The van der Waals surface area contributed by atoms with Gasteiger partial charge in [0.05, 0.1) is 6.61 Å². The minimum atomic E-state index is -0.539. The van der Waals surface area contributed by atoms with E-state index in [4.69, 9.17) is 16.3 Å². The molecule has 0 aliphatic rings. The molecule has 0 heterocycles. The van der Waals surface area contributed by atoms with Gasteiger partial charge in [-0.15, -0.1) is 0 Å². The molecule has 0 aliphatic carbocycles. The third-order valence-corrected chi connectivity index (χ3v) is 5.06. The van der Waals surface area contributed by atoms with Crippen molar-refractivity contribution in [3.63, 3.8) is 0 Å². The zero-order valence-electron chi connectivity index (χ0n) is 18.0. The number of hydrogen-bond donors (Lipinski definition) is 1. The minimum Gasteiger partial charge on any atom is -0.494 e. The van der Waals surface area contributed by atoms with Crippen LogP contribution in [0.5, 0.6) is 5.75 Å². The van der Waals surface area contributed by atoms with Crippen molar-refractivity contribution >= 4 is 23.4 Å². The topological polar surface area (TPSA) is 58.6 Å². The van der Waals surface area contributed by atoms with Crippen molar-refractivity contribution in [1.82, 2.24) is 10.2 Å². The standard InChI is InChI=1S/C24H31ClN2O3/c1-4-15-26-24(29)19(3)27(17-20-9-7-18(2)8-10-20)23(28)6-5-16-30-22-13-11-21(25)12-14-22/h7-14,19H,4-6,15-17H2,1-3H3,(H,26,29). The third kappa shape index (κ3) is 7.71. The van der Waals surface area contributed by atoms with Gasteiger partial charge in [-0.25, -0.2) is 0 Å². The number of aryl methyl sites for hydroxylation is 1. The normalized spacial score (nSPS) is 11.6. The predicted molar refractivity (Wildman–Crippen MR) is 121 cm³/mol. The first-order chi connectivity index (χ1) is 14.4. The molecule has 6 heteroatoms. The molecule has 5 nitrogen and oxygen atoms in total. The maximum absolute atomic E-state index is 13.0. The highest BCUT2D eigenvalue weighted by Crippen LogP contribution is 2.16. The number of benzene rings is 2. The molecule has 162 valence electrons. The maximum atomic E-state index is 13.0. The second-order valence-electron chi connectivity index (χ2n) is 7.38. The highest BCUT2D eigenvalue weighted by atomic mass is 35.5. The Balaban J connectivity index is 1.96. The van der Waals surface area contributed by atoms with Crippen molar-refractivity contribution in [3.8, 4) is 5.75 Å². The Kier molecular flexibility index (Phi) is 9.68. The van der Waals surface area contributed by atoms with E-state index in [2.05, 4.69) is 5.32 Å². The first-order valence-electron chi connectivity index (χ1n) is 10.4. The fourth-order valence-electron chi connectivity index (χ4n) is 2.96. The second kappa shape index (κ2) is 12.2. The average Bonchev–Trinajstić information content (AvgIpc) is 2.75. The van der Waals surface area contributed by atoms with Crippen LogP contribution in [0.3, 0.4) is 0 Å². The Bertz CT molecular complexity index is 806. The van der Waals surface area contributed by atoms with Gasteiger partial charge in [0, 0.05) is 24.5 Å². The lowest BCUT2D eigenvalue weighted by Gasteiger charge is -2.29. The number of amides is 2. The summed E-state index contributed by atoms with van der Waals surface area (Å²) in [5, 5.41) is 3.54. The zero-order chi connectivity index (χ0) is 21.9. The third-order valence-electron chi connectivity index (χ3n) is 4.81. The summed E-state index contributed by atoms with van der Waals surface area (Å²) in [4.78, 5) is 27.1. The molecule has 0 radical (unpaired) electrons. The van der Waals surface area contributed by atoms with E-state index in [1.807, 2.05) is 38.1 Å². The molecule has 0 bridgehead atoms. The van der Waals surface area contributed by atoms with Crippen LogP contribution in [0.4, 0.5) is 0 Å². The first-order valence-corrected chi connectivity index (χ1v) is 10.8.